The van der Waals surface area contributed by atoms with Gasteiger partial charge in [-0.25, -0.2) is 0 Å². The second-order valence-corrected chi connectivity index (χ2v) is 7.54. The van der Waals surface area contributed by atoms with Crippen molar-refractivity contribution in [1.29, 1.82) is 0 Å². The minimum Gasteiger partial charge on any atom is -0.491 e. The van der Waals surface area contributed by atoms with Crippen LogP contribution in [0.1, 0.15) is 29.6 Å². The van der Waals surface area contributed by atoms with Crippen LogP contribution in [0, 0.1) is 0 Å². The van der Waals surface area contributed by atoms with Crippen LogP contribution in [-0.2, 0) is 4.79 Å². The van der Waals surface area contributed by atoms with Gasteiger partial charge in [-0.3, -0.25) is 14.6 Å². The fraction of sp³-hybridized carbons (Fsp3) is 0.261. The molecule has 0 saturated carbocycles. The van der Waals surface area contributed by atoms with Crippen LogP contribution in [0.4, 0.5) is 5.69 Å². The van der Waals surface area contributed by atoms with E-state index in [1.807, 2.05) is 30.3 Å². The second-order valence-electron chi connectivity index (χ2n) is 7.10. The van der Waals surface area contributed by atoms with E-state index >= 15 is 0 Å². The molecule has 0 atom stereocenters. The lowest BCUT2D eigenvalue weighted by molar-refractivity contribution is -0.117. The molecule has 30 heavy (non-hydrogen) atoms. The van der Waals surface area contributed by atoms with Crippen molar-refractivity contribution in [2.75, 3.05) is 24.6 Å². The van der Waals surface area contributed by atoms with Gasteiger partial charge in [0.1, 0.15) is 11.3 Å². The van der Waals surface area contributed by atoms with Gasteiger partial charge in [0.25, 0.3) is 5.91 Å². The van der Waals surface area contributed by atoms with E-state index in [1.165, 1.54) is 0 Å². The number of pyridine rings is 1. The van der Waals surface area contributed by atoms with Crippen LogP contribution >= 0.6 is 11.6 Å². The highest BCUT2D eigenvalue weighted by Crippen LogP contribution is 2.28. The van der Waals surface area contributed by atoms with Gasteiger partial charge in [0, 0.05) is 36.1 Å². The van der Waals surface area contributed by atoms with Crippen LogP contribution in [0.2, 0.25) is 5.02 Å². The Labute approximate surface area is 179 Å². The average molecular weight is 424 g/mol. The molecular formula is C23H22ClN3O3. The van der Waals surface area contributed by atoms with Crippen molar-refractivity contribution in [2.24, 2.45) is 0 Å². The van der Waals surface area contributed by atoms with Crippen LogP contribution in [0.15, 0.2) is 54.7 Å². The molecule has 3 aromatic rings. The van der Waals surface area contributed by atoms with Gasteiger partial charge in [-0.2, -0.15) is 0 Å². The number of aromatic nitrogens is 1. The smallest absolute Gasteiger partial charge is 0.253 e. The Bertz CT molecular complexity index is 1080. The van der Waals surface area contributed by atoms with Crippen molar-refractivity contribution >= 4 is 40.0 Å². The second kappa shape index (κ2) is 9.13. The number of rotatable bonds is 7. The summed E-state index contributed by atoms with van der Waals surface area (Å²) in [5.74, 6) is 0.517. The number of para-hydroxylation sites is 1. The van der Waals surface area contributed by atoms with Gasteiger partial charge in [-0.1, -0.05) is 29.8 Å². The fourth-order valence-electron chi connectivity index (χ4n) is 3.57. The topological polar surface area (TPSA) is 71.5 Å². The first-order chi connectivity index (χ1) is 14.6. The Kier molecular flexibility index (Phi) is 6.14. The molecule has 0 spiro atoms. The maximum absolute atomic E-state index is 12.7. The normalized spacial score (nSPS) is 13.6. The summed E-state index contributed by atoms with van der Waals surface area (Å²) in [6, 6.07) is 14.7. The number of ether oxygens (including phenoxy) is 1. The number of anilines is 1. The molecule has 2 heterocycles. The van der Waals surface area contributed by atoms with E-state index in [-0.39, 0.29) is 11.8 Å². The molecule has 4 rings (SSSR count). The molecule has 6 nitrogen and oxygen atoms in total. The first-order valence-electron chi connectivity index (χ1n) is 9.98. The zero-order chi connectivity index (χ0) is 20.9. The van der Waals surface area contributed by atoms with Gasteiger partial charge in [0.2, 0.25) is 5.91 Å². The zero-order valence-corrected chi connectivity index (χ0v) is 17.2. The monoisotopic (exact) mass is 423 g/mol. The molecule has 7 heteroatoms. The molecule has 1 aliphatic rings. The third-order valence-electron chi connectivity index (χ3n) is 5.03. The van der Waals surface area contributed by atoms with Crippen LogP contribution in [0.5, 0.6) is 5.75 Å². The fourth-order valence-corrected chi connectivity index (χ4v) is 3.73. The Morgan fingerprint density at radius 1 is 1.20 bits per heavy atom. The van der Waals surface area contributed by atoms with Crippen molar-refractivity contribution in [2.45, 2.75) is 19.3 Å². The summed E-state index contributed by atoms with van der Waals surface area (Å²) in [6.07, 6.45) is 3.66. The largest absolute Gasteiger partial charge is 0.491 e. The van der Waals surface area contributed by atoms with E-state index in [2.05, 4.69) is 10.3 Å². The molecule has 0 aliphatic carbocycles. The zero-order valence-electron chi connectivity index (χ0n) is 16.4. The minimum atomic E-state index is -0.229. The van der Waals surface area contributed by atoms with Crippen LogP contribution in [-0.4, -0.2) is 36.5 Å². The van der Waals surface area contributed by atoms with Gasteiger partial charge >= 0.3 is 0 Å². The summed E-state index contributed by atoms with van der Waals surface area (Å²) < 4.78 is 5.86. The highest BCUT2D eigenvalue weighted by molar-refractivity contribution is 6.31. The van der Waals surface area contributed by atoms with Gasteiger partial charge in [0.05, 0.1) is 17.9 Å². The number of halogens is 1. The van der Waals surface area contributed by atoms with Gasteiger partial charge in [-0.05, 0) is 43.2 Å². The quantitative estimate of drug-likeness (QED) is 0.578. The van der Waals surface area contributed by atoms with Crippen molar-refractivity contribution in [1.82, 2.24) is 10.3 Å². The Balaban J connectivity index is 1.34. The number of amides is 2. The highest BCUT2D eigenvalue weighted by atomic mass is 35.5. The third kappa shape index (κ3) is 4.39. The molecule has 1 aliphatic heterocycles. The minimum absolute atomic E-state index is 0.0170. The van der Waals surface area contributed by atoms with Crippen LogP contribution in [0.3, 0.4) is 0 Å². The summed E-state index contributed by atoms with van der Waals surface area (Å²) in [7, 11) is 0. The van der Waals surface area contributed by atoms with Crippen molar-refractivity contribution in [3.63, 3.8) is 0 Å². The van der Waals surface area contributed by atoms with E-state index in [9.17, 15) is 9.59 Å². The van der Waals surface area contributed by atoms with E-state index in [4.69, 9.17) is 16.3 Å². The molecule has 1 aromatic heterocycles. The predicted octanol–water partition coefficient (Wildman–Crippen LogP) is 4.21. The number of nitrogens with zero attached hydrogens (tertiary/aromatic N) is 2. The Morgan fingerprint density at radius 2 is 2.07 bits per heavy atom. The summed E-state index contributed by atoms with van der Waals surface area (Å²) in [5, 5.41) is 4.43. The third-order valence-corrected chi connectivity index (χ3v) is 5.26. The van der Waals surface area contributed by atoms with Crippen LogP contribution < -0.4 is 15.0 Å². The number of carbonyl (C=O) groups excluding carboxylic acids is 2. The first kappa shape index (κ1) is 20.2. The SMILES string of the molecule is O=C(NCCCOc1cccc2cccnc12)c1ccc(Cl)cc1N1CCCC1=O. The summed E-state index contributed by atoms with van der Waals surface area (Å²) in [5.41, 5.74) is 1.85. The van der Waals surface area contributed by atoms with E-state index in [0.29, 0.717) is 48.8 Å². The summed E-state index contributed by atoms with van der Waals surface area (Å²) >= 11 is 6.10. The lowest BCUT2D eigenvalue weighted by Crippen LogP contribution is -2.30. The molecule has 0 radical (unpaired) electrons. The Hall–Kier alpha value is -3.12. The Morgan fingerprint density at radius 3 is 2.90 bits per heavy atom. The number of hydrogen-bond acceptors (Lipinski definition) is 4. The van der Waals surface area contributed by atoms with Crippen molar-refractivity contribution in [3.8, 4) is 5.75 Å². The predicted molar refractivity (Wildman–Crippen MR) is 117 cm³/mol. The lowest BCUT2D eigenvalue weighted by Gasteiger charge is -2.19. The molecule has 0 unspecified atom stereocenters. The lowest BCUT2D eigenvalue weighted by atomic mass is 10.1. The molecule has 2 aromatic carbocycles. The number of fused-ring (bicyclic) bond motifs is 1. The first-order valence-corrected chi connectivity index (χ1v) is 10.4. The van der Waals surface area contributed by atoms with E-state index in [1.54, 1.807) is 29.3 Å². The van der Waals surface area contributed by atoms with Crippen molar-refractivity contribution < 1.29 is 14.3 Å². The van der Waals surface area contributed by atoms with E-state index in [0.717, 1.165) is 23.1 Å². The van der Waals surface area contributed by atoms with Crippen molar-refractivity contribution in [3.05, 3.63) is 65.3 Å². The van der Waals surface area contributed by atoms with Gasteiger partial charge in [-0.15, -0.1) is 0 Å². The highest BCUT2D eigenvalue weighted by Gasteiger charge is 2.26. The van der Waals surface area contributed by atoms with E-state index < -0.39 is 0 Å². The average Bonchev–Trinajstić information content (AvgIpc) is 3.19. The molecule has 0 bridgehead atoms. The van der Waals surface area contributed by atoms with Crippen LogP contribution in [0.25, 0.3) is 10.9 Å². The number of nitrogens with one attached hydrogen (secondary N) is 1. The summed E-state index contributed by atoms with van der Waals surface area (Å²) in [6.45, 7) is 1.51. The molecular weight excluding hydrogens is 402 g/mol. The number of carbonyl (C=O) groups is 2. The molecule has 1 N–H and O–H groups in total. The number of benzene rings is 2. The molecule has 2 amide bonds. The molecule has 154 valence electrons. The standard InChI is InChI=1S/C23H22ClN3O3/c24-17-9-10-18(19(15-17)27-13-3-8-21(27)28)23(29)26-12-4-14-30-20-7-1-5-16-6-2-11-25-22(16)20/h1-2,5-7,9-11,15H,3-4,8,12-14H2,(H,26,29). The van der Waals surface area contributed by atoms with Gasteiger partial charge in [0.15, 0.2) is 0 Å². The number of hydrogen-bond donors (Lipinski definition) is 1. The molecule has 1 fully saturated rings. The maximum atomic E-state index is 12.7. The summed E-state index contributed by atoms with van der Waals surface area (Å²) in [4.78, 5) is 30.8. The maximum Gasteiger partial charge on any atom is 0.253 e. The van der Waals surface area contributed by atoms with Gasteiger partial charge < -0.3 is 15.0 Å². The molecule has 1 saturated heterocycles.